The van der Waals surface area contributed by atoms with Crippen LogP contribution < -0.4 is 5.32 Å². The lowest BCUT2D eigenvalue weighted by atomic mass is 9.98. The molecule has 0 saturated carbocycles. The number of esters is 1. The maximum Gasteiger partial charge on any atom is 0.314 e. The topological polar surface area (TPSA) is 51.2 Å². The fraction of sp³-hybridized carbons (Fsp3) is 0.294. The minimum absolute atomic E-state index is 0.142. The first-order chi connectivity index (χ1) is 10.2. The second kappa shape index (κ2) is 7.55. The molecule has 0 bridgehead atoms. The molecule has 0 radical (unpaired) electrons. The van der Waals surface area contributed by atoms with Gasteiger partial charge in [-0.15, -0.1) is 0 Å². The molecule has 0 spiro atoms. The highest BCUT2D eigenvalue weighted by Gasteiger charge is 2.21. The Bertz CT molecular complexity index is 558. The van der Waals surface area contributed by atoms with E-state index in [0.29, 0.717) is 6.54 Å². The van der Waals surface area contributed by atoms with E-state index in [9.17, 15) is 4.79 Å². The van der Waals surface area contributed by atoms with E-state index in [1.807, 2.05) is 42.5 Å². The molecule has 1 unspecified atom stereocenters. The fourth-order valence-corrected chi connectivity index (χ4v) is 2.23. The molecule has 1 aromatic carbocycles. The van der Waals surface area contributed by atoms with Gasteiger partial charge in [-0.05, 0) is 30.2 Å². The van der Waals surface area contributed by atoms with E-state index in [0.717, 1.165) is 11.1 Å². The number of hydrogen-bond acceptors (Lipinski definition) is 4. The van der Waals surface area contributed by atoms with Crippen molar-refractivity contribution in [3.05, 3.63) is 66.0 Å². The molecule has 110 valence electrons. The number of pyridine rings is 1. The highest BCUT2D eigenvalue weighted by atomic mass is 16.5. The molecule has 4 heteroatoms. The summed E-state index contributed by atoms with van der Waals surface area (Å²) < 4.78 is 4.92. The largest absolute Gasteiger partial charge is 0.469 e. The van der Waals surface area contributed by atoms with E-state index >= 15 is 0 Å². The third-order valence-corrected chi connectivity index (χ3v) is 3.52. The summed E-state index contributed by atoms with van der Waals surface area (Å²) >= 11 is 0. The van der Waals surface area contributed by atoms with E-state index in [1.165, 1.54) is 7.11 Å². The predicted octanol–water partition coefficient (Wildman–Crippen LogP) is 2.69. The van der Waals surface area contributed by atoms with Crippen LogP contribution in [0.4, 0.5) is 0 Å². The van der Waals surface area contributed by atoms with Crippen LogP contribution in [0.2, 0.25) is 0 Å². The van der Waals surface area contributed by atoms with E-state index in [4.69, 9.17) is 4.74 Å². The van der Waals surface area contributed by atoms with Crippen LogP contribution >= 0.6 is 0 Å². The number of carbonyl (C=O) groups is 1. The number of aromatic nitrogens is 1. The van der Waals surface area contributed by atoms with Crippen LogP contribution in [0.1, 0.15) is 30.0 Å². The van der Waals surface area contributed by atoms with Crippen LogP contribution in [0.25, 0.3) is 0 Å². The number of benzene rings is 1. The van der Waals surface area contributed by atoms with Crippen LogP contribution in [0.5, 0.6) is 0 Å². The average molecular weight is 284 g/mol. The Kier molecular flexibility index (Phi) is 5.46. The molecule has 4 nitrogen and oxygen atoms in total. The average Bonchev–Trinajstić information content (AvgIpc) is 2.56. The number of nitrogens with one attached hydrogen (secondary N) is 1. The molecule has 0 aliphatic carbocycles. The first-order valence-corrected chi connectivity index (χ1v) is 6.98. The van der Waals surface area contributed by atoms with Crippen molar-refractivity contribution in [2.75, 3.05) is 13.7 Å². The van der Waals surface area contributed by atoms with Gasteiger partial charge in [0.2, 0.25) is 0 Å². The molecule has 0 aliphatic rings. The van der Waals surface area contributed by atoms with Crippen molar-refractivity contribution in [2.45, 2.75) is 18.9 Å². The number of rotatable bonds is 6. The van der Waals surface area contributed by atoms with E-state index in [1.54, 1.807) is 12.4 Å². The second-order valence-electron chi connectivity index (χ2n) is 4.90. The Morgan fingerprint density at radius 3 is 2.43 bits per heavy atom. The number of hydrogen-bond donors (Lipinski definition) is 1. The predicted molar refractivity (Wildman–Crippen MR) is 81.9 cm³/mol. The summed E-state index contributed by atoms with van der Waals surface area (Å²) in [6.45, 7) is 2.59. The van der Waals surface area contributed by atoms with Crippen molar-refractivity contribution in [3.63, 3.8) is 0 Å². The summed E-state index contributed by atoms with van der Waals surface area (Å²) in [6, 6.07) is 13.8. The van der Waals surface area contributed by atoms with Crippen LogP contribution in [-0.4, -0.2) is 24.6 Å². The fourth-order valence-electron chi connectivity index (χ4n) is 2.23. The molecule has 2 rings (SSSR count). The standard InChI is InChI=1S/C17H20N2O2/c1-13(14-8-10-18-11-9-14)19-12-16(17(20)21-2)15-6-4-3-5-7-15/h3-11,13,16,19H,12H2,1-2H3/t13-,16?/m1/s1. The third kappa shape index (κ3) is 4.13. The van der Waals surface area contributed by atoms with Crippen molar-refractivity contribution < 1.29 is 9.53 Å². The van der Waals surface area contributed by atoms with E-state index in [2.05, 4.69) is 17.2 Å². The Hall–Kier alpha value is -2.20. The van der Waals surface area contributed by atoms with Crippen LogP contribution in [0, 0.1) is 0 Å². The Balaban J connectivity index is 2.05. The van der Waals surface area contributed by atoms with Gasteiger partial charge in [-0.3, -0.25) is 9.78 Å². The first-order valence-electron chi connectivity index (χ1n) is 6.98. The zero-order chi connectivity index (χ0) is 15.1. The Labute approximate surface area is 125 Å². The molecule has 0 amide bonds. The summed E-state index contributed by atoms with van der Waals surface area (Å²) in [4.78, 5) is 16.0. The molecule has 2 aromatic rings. The third-order valence-electron chi connectivity index (χ3n) is 3.52. The van der Waals surface area contributed by atoms with Crippen LogP contribution in [0.3, 0.4) is 0 Å². The summed E-state index contributed by atoms with van der Waals surface area (Å²) in [7, 11) is 1.42. The van der Waals surface area contributed by atoms with Crippen LogP contribution in [0.15, 0.2) is 54.9 Å². The SMILES string of the molecule is COC(=O)C(CN[C@H](C)c1ccncc1)c1ccccc1. The lowest BCUT2D eigenvalue weighted by molar-refractivity contribution is -0.142. The maximum atomic E-state index is 12.0. The highest BCUT2D eigenvalue weighted by Crippen LogP contribution is 2.18. The molecule has 0 fully saturated rings. The molecule has 0 saturated heterocycles. The van der Waals surface area contributed by atoms with Gasteiger partial charge in [0.1, 0.15) is 0 Å². The van der Waals surface area contributed by atoms with Crippen molar-refractivity contribution in [2.24, 2.45) is 0 Å². The normalized spacial score (nSPS) is 13.4. The van der Waals surface area contributed by atoms with E-state index < -0.39 is 0 Å². The zero-order valence-corrected chi connectivity index (χ0v) is 12.3. The molecule has 0 aliphatic heterocycles. The summed E-state index contributed by atoms with van der Waals surface area (Å²) in [5.41, 5.74) is 2.10. The number of nitrogens with zero attached hydrogens (tertiary/aromatic N) is 1. The van der Waals surface area contributed by atoms with Crippen molar-refractivity contribution >= 4 is 5.97 Å². The lowest BCUT2D eigenvalue weighted by Gasteiger charge is -2.19. The summed E-state index contributed by atoms with van der Waals surface area (Å²) in [6.07, 6.45) is 3.53. The summed E-state index contributed by atoms with van der Waals surface area (Å²) in [5.74, 6) is -0.531. The molecule has 2 atom stereocenters. The highest BCUT2D eigenvalue weighted by molar-refractivity contribution is 5.78. The number of ether oxygens (including phenoxy) is 1. The second-order valence-corrected chi connectivity index (χ2v) is 4.90. The Morgan fingerprint density at radius 2 is 1.81 bits per heavy atom. The van der Waals surface area contributed by atoms with Gasteiger partial charge in [0.15, 0.2) is 0 Å². The van der Waals surface area contributed by atoms with Gasteiger partial charge in [0.05, 0.1) is 13.0 Å². The minimum Gasteiger partial charge on any atom is -0.469 e. The van der Waals surface area contributed by atoms with Crippen molar-refractivity contribution in [1.82, 2.24) is 10.3 Å². The van der Waals surface area contributed by atoms with Crippen molar-refractivity contribution in [3.8, 4) is 0 Å². The summed E-state index contributed by atoms with van der Waals surface area (Å²) in [5, 5.41) is 3.38. The van der Waals surface area contributed by atoms with Crippen molar-refractivity contribution in [1.29, 1.82) is 0 Å². The first kappa shape index (κ1) is 15.2. The molecule has 1 heterocycles. The molecular weight excluding hydrogens is 264 g/mol. The molecule has 21 heavy (non-hydrogen) atoms. The molecule has 1 N–H and O–H groups in total. The van der Waals surface area contributed by atoms with Gasteiger partial charge in [0.25, 0.3) is 0 Å². The maximum absolute atomic E-state index is 12.0. The smallest absolute Gasteiger partial charge is 0.314 e. The molecule has 1 aromatic heterocycles. The quantitative estimate of drug-likeness (QED) is 0.829. The van der Waals surface area contributed by atoms with Gasteiger partial charge in [-0.1, -0.05) is 30.3 Å². The number of carbonyl (C=O) groups excluding carboxylic acids is 1. The minimum atomic E-state index is -0.305. The lowest BCUT2D eigenvalue weighted by Crippen LogP contribution is -2.29. The monoisotopic (exact) mass is 284 g/mol. The molecular formula is C17H20N2O2. The zero-order valence-electron chi connectivity index (χ0n) is 12.3. The van der Waals surface area contributed by atoms with Gasteiger partial charge in [0, 0.05) is 25.0 Å². The Morgan fingerprint density at radius 1 is 1.14 bits per heavy atom. The van der Waals surface area contributed by atoms with E-state index in [-0.39, 0.29) is 17.9 Å². The van der Waals surface area contributed by atoms with Gasteiger partial charge < -0.3 is 10.1 Å². The van der Waals surface area contributed by atoms with Gasteiger partial charge in [-0.2, -0.15) is 0 Å². The number of methoxy groups -OCH3 is 1. The van der Waals surface area contributed by atoms with Crippen LogP contribution in [-0.2, 0) is 9.53 Å². The van der Waals surface area contributed by atoms with Gasteiger partial charge in [-0.25, -0.2) is 0 Å². The van der Waals surface area contributed by atoms with Gasteiger partial charge >= 0.3 is 5.97 Å².